The summed E-state index contributed by atoms with van der Waals surface area (Å²) < 4.78 is 0. The van der Waals surface area contributed by atoms with Crippen molar-refractivity contribution >= 4 is 45.5 Å². The zero-order valence-corrected chi connectivity index (χ0v) is 17.4. The van der Waals surface area contributed by atoms with Crippen molar-refractivity contribution < 1.29 is 4.79 Å². The molecular weight excluding hydrogens is 369 g/mol. The fourth-order valence-electron chi connectivity index (χ4n) is 3.13. The Balaban J connectivity index is 2.33. The van der Waals surface area contributed by atoms with Crippen LogP contribution in [0, 0.1) is 0 Å². The van der Waals surface area contributed by atoms with Gasteiger partial charge >= 0.3 is 0 Å². The van der Waals surface area contributed by atoms with Crippen LogP contribution in [0.2, 0.25) is 5.02 Å². The quantitative estimate of drug-likeness (QED) is 0.618. The van der Waals surface area contributed by atoms with Crippen LogP contribution in [0.1, 0.15) is 39.2 Å². The smallest absolute Gasteiger partial charge is 0.247 e. The number of hydrogen-bond donors (Lipinski definition) is 0. The normalized spacial score (nSPS) is 16.5. The molecule has 1 aliphatic rings. The summed E-state index contributed by atoms with van der Waals surface area (Å²) in [6, 6.07) is 6.01. The molecule has 0 spiro atoms. The van der Waals surface area contributed by atoms with Crippen LogP contribution < -0.4 is 4.90 Å². The van der Waals surface area contributed by atoms with Crippen LogP contribution in [0.4, 0.5) is 5.69 Å². The summed E-state index contributed by atoms with van der Waals surface area (Å²) in [4.78, 5) is 20.8. The monoisotopic (exact) mass is 395 g/mol. The second-order valence-electron chi connectivity index (χ2n) is 6.58. The number of halogens is 2. The van der Waals surface area contributed by atoms with Crippen molar-refractivity contribution in [1.29, 1.82) is 0 Å². The number of aliphatic imine (C=N–C) groups is 1. The third-order valence-corrected chi connectivity index (χ3v) is 5.21. The molecule has 1 aromatic carbocycles. The molecular formula is C20H27Cl2N3O. The molecule has 0 bridgehead atoms. The van der Waals surface area contributed by atoms with E-state index in [2.05, 4.69) is 18.8 Å². The summed E-state index contributed by atoms with van der Waals surface area (Å²) in [7, 11) is 1.97. The van der Waals surface area contributed by atoms with E-state index in [0.717, 1.165) is 36.2 Å². The van der Waals surface area contributed by atoms with Crippen molar-refractivity contribution in [1.82, 2.24) is 4.90 Å². The number of benzene rings is 1. The minimum absolute atomic E-state index is 0.0692. The maximum Gasteiger partial charge on any atom is 0.247 e. The predicted octanol–water partition coefficient (Wildman–Crippen LogP) is 4.85. The van der Waals surface area contributed by atoms with E-state index in [1.165, 1.54) is 0 Å². The number of rotatable bonds is 7. The molecule has 0 saturated heterocycles. The van der Waals surface area contributed by atoms with Gasteiger partial charge in [-0.15, -0.1) is 0 Å². The molecule has 1 aliphatic heterocycles. The summed E-state index contributed by atoms with van der Waals surface area (Å²) >= 11 is 12.4. The molecule has 1 atom stereocenters. The van der Waals surface area contributed by atoms with Gasteiger partial charge in [-0.1, -0.05) is 30.1 Å². The largest absolute Gasteiger partial charge is 0.367 e. The van der Waals surface area contributed by atoms with Crippen molar-refractivity contribution in [2.24, 2.45) is 4.99 Å². The summed E-state index contributed by atoms with van der Waals surface area (Å²) in [6.07, 6.45) is 3.52. The van der Waals surface area contributed by atoms with Crippen LogP contribution in [-0.2, 0) is 4.79 Å². The van der Waals surface area contributed by atoms with Gasteiger partial charge < -0.3 is 9.80 Å². The number of anilines is 1. The van der Waals surface area contributed by atoms with Crippen molar-refractivity contribution in [3.63, 3.8) is 0 Å². The van der Waals surface area contributed by atoms with Crippen molar-refractivity contribution in [3.05, 3.63) is 34.9 Å². The van der Waals surface area contributed by atoms with Gasteiger partial charge in [-0.25, -0.2) is 0 Å². The molecule has 6 heteroatoms. The molecule has 2 rings (SSSR count). The predicted molar refractivity (Wildman–Crippen MR) is 113 cm³/mol. The first kappa shape index (κ1) is 20.8. The number of hydrogen-bond acceptors (Lipinski definition) is 3. The van der Waals surface area contributed by atoms with E-state index in [4.69, 9.17) is 23.2 Å². The van der Waals surface area contributed by atoms with Crippen molar-refractivity contribution in [2.45, 2.75) is 39.7 Å². The molecule has 1 unspecified atom stereocenters. The van der Waals surface area contributed by atoms with Crippen molar-refractivity contribution in [2.75, 3.05) is 31.6 Å². The first-order chi connectivity index (χ1) is 12.4. The third-order valence-electron chi connectivity index (χ3n) is 4.74. The number of nitrogens with zero attached hydrogens (tertiary/aromatic N) is 3. The lowest BCUT2D eigenvalue weighted by Gasteiger charge is -2.32. The highest BCUT2D eigenvalue weighted by Gasteiger charge is 2.24. The molecule has 0 radical (unpaired) electrons. The number of carbonyl (C=O) groups excluding carboxylic acids is 1. The SMILES string of the molecule is CCN=C(Cl)CN(C)c1ccc(Cl)cc1C1=CC(=O)N(C(C)CC)CC1. The van der Waals surface area contributed by atoms with Gasteiger partial charge in [0.05, 0.1) is 6.54 Å². The van der Waals surface area contributed by atoms with E-state index < -0.39 is 0 Å². The Hall–Kier alpha value is -1.52. The summed E-state index contributed by atoms with van der Waals surface area (Å²) in [5, 5.41) is 1.22. The Kier molecular flexibility index (Phi) is 7.54. The standard InChI is InChI=1S/C20H27Cl2N3O/c1-5-14(3)25-10-9-15(11-20(25)26)17-12-16(21)7-8-18(17)24(4)13-19(22)23-6-2/h7-8,11-12,14H,5-6,9-10,13H2,1-4H3. The van der Waals surface area contributed by atoms with Crippen LogP contribution in [0.25, 0.3) is 5.57 Å². The molecule has 0 aliphatic carbocycles. The molecule has 142 valence electrons. The van der Waals surface area contributed by atoms with Gasteiger partial charge in [-0.3, -0.25) is 9.79 Å². The van der Waals surface area contributed by atoms with Crippen LogP contribution in [0.5, 0.6) is 0 Å². The van der Waals surface area contributed by atoms with Crippen LogP contribution in [0.15, 0.2) is 29.3 Å². The highest BCUT2D eigenvalue weighted by atomic mass is 35.5. The van der Waals surface area contributed by atoms with Gasteiger partial charge in [-0.2, -0.15) is 0 Å². The third kappa shape index (κ3) is 5.01. The van der Waals surface area contributed by atoms with Gasteiger partial charge in [0.1, 0.15) is 5.17 Å². The molecule has 0 fully saturated rings. The summed E-state index contributed by atoms with van der Waals surface area (Å²) in [5.74, 6) is 0.0692. The minimum Gasteiger partial charge on any atom is -0.367 e. The van der Waals surface area contributed by atoms with Crippen LogP contribution in [0.3, 0.4) is 0 Å². The maximum absolute atomic E-state index is 12.6. The lowest BCUT2D eigenvalue weighted by molar-refractivity contribution is -0.128. The van der Waals surface area contributed by atoms with Crippen LogP contribution in [-0.4, -0.2) is 48.7 Å². The zero-order valence-electron chi connectivity index (χ0n) is 15.9. The molecule has 0 N–H and O–H groups in total. The maximum atomic E-state index is 12.6. The lowest BCUT2D eigenvalue weighted by Crippen LogP contribution is -2.40. The summed E-state index contributed by atoms with van der Waals surface area (Å²) in [5.41, 5.74) is 3.00. The Bertz CT molecular complexity index is 715. The van der Waals surface area contributed by atoms with Gasteiger partial charge in [0, 0.05) is 48.5 Å². The van der Waals surface area contributed by atoms with E-state index in [-0.39, 0.29) is 11.9 Å². The molecule has 0 saturated carbocycles. The van der Waals surface area contributed by atoms with Gasteiger partial charge in [0.2, 0.25) is 5.91 Å². The van der Waals surface area contributed by atoms with E-state index in [9.17, 15) is 4.79 Å². The highest BCUT2D eigenvalue weighted by molar-refractivity contribution is 6.66. The fourth-order valence-corrected chi connectivity index (χ4v) is 3.60. The molecule has 1 aromatic rings. The Morgan fingerprint density at radius 2 is 2.12 bits per heavy atom. The first-order valence-corrected chi connectivity index (χ1v) is 9.84. The average Bonchev–Trinajstić information content (AvgIpc) is 2.60. The van der Waals surface area contributed by atoms with Gasteiger partial charge in [0.15, 0.2) is 0 Å². The van der Waals surface area contributed by atoms with E-state index in [1.807, 2.05) is 42.0 Å². The molecule has 1 heterocycles. The molecule has 0 aromatic heterocycles. The Labute approximate surface area is 166 Å². The first-order valence-electron chi connectivity index (χ1n) is 9.08. The van der Waals surface area contributed by atoms with Gasteiger partial charge in [-0.05, 0) is 50.5 Å². The lowest BCUT2D eigenvalue weighted by atomic mass is 9.96. The number of amides is 1. The second-order valence-corrected chi connectivity index (χ2v) is 7.45. The molecule has 1 amide bonds. The second kappa shape index (κ2) is 9.43. The summed E-state index contributed by atoms with van der Waals surface area (Å²) in [6.45, 7) is 8.05. The average molecular weight is 396 g/mol. The van der Waals surface area contributed by atoms with E-state index in [0.29, 0.717) is 23.3 Å². The van der Waals surface area contributed by atoms with Gasteiger partial charge in [0.25, 0.3) is 0 Å². The fraction of sp³-hybridized carbons (Fsp3) is 0.500. The Morgan fingerprint density at radius 1 is 1.38 bits per heavy atom. The van der Waals surface area contributed by atoms with E-state index >= 15 is 0 Å². The minimum atomic E-state index is 0.0692. The molecule has 4 nitrogen and oxygen atoms in total. The van der Waals surface area contributed by atoms with E-state index in [1.54, 1.807) is 6.08 Å². The molecule has 26 heavy (non-hydrogen) atoms. The number of carbonyl (C=O) groups is 1. The zero-order chi connectivity index (χ0) is 19.3. The van der Waals surface area contributed by atoms with Crippen LogP contribution >= 0.6 is 23.2 Å². The highest BCUT2D eigenvalue weighted by Crippen LogP contribution is 2.33. The van der Waals surface area contributed by atoms with Crippen molar-refractivity contribution in [3.8, 4) is 0 Å². The topological polar surface area (TPSA) is 35.9 Å². The Morgan fingerprint density at radius 3 is 2.73 bits per heavy atom.